The molecule has 3 atom stereocenters. The van der Waals surface area contributed by atoms with Crippen LogP contribution in [-0.2, 0) is 0 Å². The van der Waals surface area contributed by atoms with Crippen molar-refractivity contribution in [3.05, 3.63) is 0 Å². The minimum absolute atomic E-state index is 0.400. The predicted molar refractivity (Wildman–Crippen MR) is 91.5 cm³/mol. The van der Waals surface area contributed by atoms with Crippen molar-refractivity contribution in [1.29, 1.82) is 0 Å². The molecule has 0 aromatic rings. The summed E-state index contributed by atoms with van der Waals surface area (Å²) in [5.41, 5.74) is 6.20. The van der Waals surface area contributed by atoms with Gasteiger partial charge in [0.05, 0.1) is 0 Å². The Hall–Kier alpha value is -0.120. The number of nitrogens with two attached hydrogens (primary N) is 1. The molecule has 3 heteroatoms. The summed E-state index contributed by atoms with van der Waals surface area (Å²) in [5, 5.41) is 0. The van der Waals surface area contributed by atoms with Gasteiger partial charge in [-0.15, -0.1) is 0 Å². The quantitative estimate of drug-likeness (QED) is 0.818. The van der Waals surface area contributed by atoms with Crippen LogP contribution in [0.4, 0.5) is 0 Å². The Kier molecular flexibility index (Phi) is 6.10. The van der Waals surface area contributed by atoms with Gasteiger partial charge in [0.25, 0.3) is 0 Å². The molecular weight excluding hydrogens is 258 g/mol. The van der Waals surface area contributed by atoms with Crippen LogP contribution in [0.25, 0.3) is 0 Å². The fraction of sp³-hybridized carbons (Fsp3) is 1.00. The van der Waals surface area contributed by atoms with Gasteiger partial charge in [0.1, 0.15) is 0 Å². The minimum atomic E-state index is 0.400. The second-order valence-electron chi connectivity index (χ2n) is 8.42. The lowest BCUT2D eigenvalue weighted by atomic mass is 9.76. The van der Waals surface area contributed by atoms with Crippen molar-refractivity contribution in [3.63, 3.8) is 0 Å². The van der Waals surface area contributed by atoms with Crippen molar-refractivity contribution in [1.82, 2.24) is 9.80 Å². The van der Waals surface area contributed by atoms with Gasteiger partial charge in [0.15, 0.2) is 0 Å². The summed E-state index contributed by atoms with van der Waals surface area (Å²) in [6, 6.07) is 1.68. The molecule has 3 nitrogen and oxygen atoms in total. The summed E-state index contributed by atoms with van der Waals surface area (Å²) in [4.78, 5) is 5.37. The Balaban J connectivity index is 1.75. The molecule has 124 valence electrons. The van der Waals surface area contributed by atoms with Crippen LogP contribution in [0.5, 0.6) is 0 Å². The highest BCUT2D eigenvalue weighted by Crippen LogP contribution is 2.33. The molecule has 2 bridgehead atoms. The maximum Gasteiger partial charge on any atom is 0.0223 e. The molecule has 21 heavy (non-hydrogen) atoms. The molecule has 3 unspecified atom stereocenters. The maximum atomic E-state index is 5.80. The first-order valence-corrected chi connectivity index (χ1v) is 9.06. The van der Waals surface area contributed by atoms with Crippen LogP contribution in [0.2, 0.25) is 0 Å². The fourth-order valence-corrected chi connectivity index (χ4v) is 4.36. The summed E-state index contributed by atoms with van der Waals surface area (Å²) >= 11 is 0. The first-order valence-electron chi connectivity index (χ1n) is 9.06. The lowest BCUT2D eigenvalue weighted by Crippen LogP contribution is -2.37. The van der Waals surface area contributed by atoms with Crippen LogP contribution >= 0.6 is 0 Å². The summed E-state index contributed by atoms with van der Waals surface area (Å²) in [6.45, 7) is 11.8. The monoisotopic (exact) mass is 295 g/mol. The number of fused-ring (bicyclic) bond motifs is 2. The molecule has 0 aliphatic carbocycles. The van der Waals surface area contributed by atoms with Crippen molar-refractivity contribution < 1.29 is 0 Å². The zero-order valence-electron chi connectivity index (χ0n) is 14.8. The molecule has 0 amide bonds. The van der Waals surface area contributed by atoms with Gasteiger partial charge in [-0.25, -0.2) is 0 Å². The Labute approximate surface area is 132 Å². The minimum Gasteiger partial charge on any atom is -0.330 e. The Morgan fingerprint density at radius 2 is 1.81 bits per heavy atom. The van der Waals surface area contributed by atoms with Crippen molar-refractivity contribution in [2.24, 2.45) is 17.1 Å². The van der Waals surface area contributed by atoms with Crippen molar-refractivity contribution >= 4 is 0 Å². The average Bonchev–Trinajstić information content (AvgIpc) is 2.64. The van der Waals surface area contributed by atoms with Crippen LogP contribution < -0.4 is 5.73 Å². The van der Waals surface area contributed by atoms with E-state index in [0.717, 1.165) is 24.5 Å². The standard InChI is InChI=1S/C18H37N3/c1-18(2,3)15(9-11-19)6-5-12-21-13-10-16-7-8-17(14-21)20(16)4/h15-17H,5-14,19H2,1-4H3. The third-order valence-electron chi connectivity index (χ3n) is 6.00. The number of rotatable bonds is 6. The highest BCUT2D eigenvalue weighted by Gasteiger charge is 2.34. The van der Waals surface area contributed by atoms with Crippen LogP contribution in [0.3, 0.4) is 0 Å². The highest BCUT2D eigenvalue weighted by atomic mass is 15.3. The van der Waals surface area contributed by atoms with E-state index in [9.17, 15) is 0 Å². The molecular formula is C18H37N3. The van der Waals surface area contributed by atoms with E-state index in [-0.39, 0.29) is 0 Å². The van der Waals surface area contributed by atoms with E-state index in [4.69, 9.17) is 5.73 Å². The second-order valence-corrected chi connectivity index (χ2v) is 8.42. The Bertz CT molecular complexity index is 310. The van der Waals surface area contributed by atoms with Crippen LogP contribution in [0, 0.1) is 11.3 Å². The van der Waals surface area contributed by atoms with Gasteiger partial charge in [-0.05, 0) is 76.5 Å². The molecule has 0 spiro atoms. The molecule has 2 rings (SSSR count). The molecule has 0 aromatic heterocycles. The van der Waals surface area contributed by atoms with Crippen molar-refractivity contribution in [3.8, 4) is 0 Å². The highest BCUT2D eigenvalue weighted by molar-refractivity contribution is 4.91. The van der Waals surface area contributed by atoms with Gasteiger partial charge in [0, 0.05) is 18.6 Å². The Morgan fingerprint density at radius 3 is 2.48 bits per heavy atom. The molecule has 0 radical (unpaired) electrons. The SMILES string of the molecule is CN1C2CCC1CN(CCCC(CCN)C(C)(C)C)CC2. The number of hydrogen-bond acceptors (Lipinski definition) is 3. The van der Waals surface area contributed by atoms with Gasteiger partial charge in [-0.2, -0.15) is 0 Å². The Morgan fingerprint density at radius 1 is 1.10 bits per heavy atom. The fourth-order valence-electron chi connectivity index (χ4n) is 4.36. The topological polar surface area (TPSA) is 32.5 Å². The van der Waals surface area contributed by atoms with E-state index < -0.39 is 0 Å². The summed E-state index contributed by atoms with van der Waals surface area (Å²) < 4.78 is 0. The van der Waals surface area contributed by atoms with Gasteiger partial charge < -0.3 is 10.6 Å². The van der Waals surface area contributed by atoms with Crippen LogP contribution in [0.1, 0.15) is 59.3 Å². The first-order chi connectivity index (χ1) is 9.91. The van der Waals surface area contributed by atoms with Crippen LogP contribution in [0.15, 0.2) is 0 Å². The number of likely N-dealkylation sites (N-methyl/N-ethyl adjacent to an activating group) is 1. The number of likely N-dealkylation sites (tertiary alicyclic amines) is 1. The van der Waals surface area contributed by atoms with Gasteiger partial charge in [-0.1, -0.05) is 20.8 Å². The first kappa shape index (κ1) is 17.2. The van der Waals surface area contributed by atoms with E-state index in [1.54, 1.807) is 0 Å². The summed E-state index contributed by atoms with van der Waals surface area (Å²) in [7, 11) is 2.34. The molecule has 2 aliphatic heterocycles. The van der Waals surface area contributed by atoms with E-state index in [0.29, 0.717) is 5.41 Å². The molecule has 0 saturated carbocycles. The van der Waals surface area contributed by atoms with Crippen molar-refractivity contribution in [2.75, 3.05) is 33.2 Å². The average molecular weight is 296 g/mol. The maximum absolute atomic E-state index is 5.80. The molecule has 2 heterocycles. The van der Waals surface area contributed by atoms with Gasteiger partial charge >= 0.3 is 0 Å². The lowest BCUT2D eigenvalue weighted by molar-refractivity contribution is 0.185. The van der Waals surface area contributed by atoms with Gasteiger partial charge in [0.2, 0.25) is 0 Å². The number of nitrogens with zero attached hydrogens (tertiary/aromatic N) is 2. The molecule has 2 N–H and O–H groups in total. The van der Waals surface area contributed by atoms with Crippen LogP contribution in [-0.4, -0.2) is 55.1 Å². The van der Waals surface area contributed by atoms with E-state index >= 15 is 0 Å². The van der Waals surface area contributed by atoms with E-state index in [1.165, 1.54) is 58.2 Å². The van der Waals surface area contributed by atoms with Gasteiger partial charge in [-0.3, -0.25) is 4.90 Å². The molecule has 2 saturated heterocycles. The summed E-state index contributed by atoms with van der Waals surface area (Å²) in [5.74, 6) is 0.772. The largest absolute Gasteiger partial charge is 0.330 e. The smallest absolute Gasteiger partial charge is 0.0223 e. The summed E-state index contributed by atoms with van der Waals surface area (Å²) in [6.07, 6.45) is 8.06. The number of hydrogen-bond donors (Lipinski definition) is 1. The van der Waals surface area contributed by atoms with E-state index in [2.05, 4.69) is 37.6 Å². The molecule has 0 aromatic carbocycles. The van der Waals surface area contributed by atoms with Crippen molar-refractivity contribution in [2.45, 2.75) is 71.4 Å². The third kappa shape index (κ3) is 4.67. The zero-order chi connectivity index (χ0) is 15.5. The third-order valence-corrected chi connectivity index (χ3v) is 6.00. The molecule has 2 fully saturated rings. The second kappa shape index (κ2) is 7.43. The normalized spacial score (nSPS) is 29.6. The molecule has 2 aliphatic rings. The lowest BCUT2D eigenvalue weighted by Gasteiger charge is -2.32. The predicted octanol–water partition coefficient (Wildman–Crippen LogP) is 2.95. The zero-order valence-corrected chi connectivity index (χ0v) is 14.8. The van der Waals surface area contributed by atoms with E-state index in [1.807, 2.05) is 0 Å².